The van der Waals surface area contributed by atoms with E-state index >= 15 is 0 Å². The predicted molar refractivity (Wildman–Crippen MR) is 111 cm³/mol. The van der Waals surface area contributed by atoms with E-state index in [1.54, 1.807) is 9.58 Å². The van der Waals surface area contributed by atoms with E-state index in [1.165, 1.54) is 6.07 Å². The first-order valence-electron chi connectivity index (χ1n) is 9.66. The van der Waals surface area contributed by atoms with Crippen LogP contribution in [0.5, 0.6) is 0 Å². The molecule has 1 amide bonds. The highest BCUT2D eigenvalue weighted by Gasteiger charge is 2.27. The van der Waals surface area contributed by atoms with Crippen molar-refractivity contribution in [3.05, 3.63) is 93.5 Å². The van der Waals surface area contributed by atoms with Crippen LogP contribution in [0, 0.1) is 6.92 Å². The zero-order valence-electron chi connectivity index (χ0n) is 16.1. The highest BCUT2D eigenvalue weighted by Crippen LogP contribution is 2.28. The van der Waals surface area contributed by atoms with Gasteiger partial charge in [0.15, 0.2) is 5.69 Å². The molecule has 6 nitrogen and oxygen atoms in total. The minimum absolute atomic E-state index is 0.0391. The smallest absolute Gasteiger partial charge is 0.278 e. The second-order valence-electron chi connectivity index (χ2n) is 7.35. The number of hydrogen-bond donors (Lipinski definition) is 1. The Morgan fingerprint density at radius 2 is 1.83 bits per heavy atom. The first-order valence-corrected chi connectivity index (χ1v) is 9.66. The van der Waals surface area contributed by atoms with Crippen LogP contribution in [0.1, 0.15) is 27.4 Å². The van der Waals surface area contributed by atoms with Gasteiger partial charge in [-0.25, -0.2) is 4.68 Å². The molecule has 4 aromatic rings. The average molecular weight is 384 g/mol. The summed E-state index contributed by atoms with van der Waals surface area (Å²) >= 11 is 0. The summed E-state index contributed by atoms with van der Waals surface area (Å²) in [4.78, 5) is 31.0. The molecule has 2 aromatic heterocycles. The zero-order valence-corrected chi connectivity index (χ0v) is 16.1. The van der Waals surface area contributed by atoms with Gasteiger partial charge in [0.25, 0.3) is 5.91 Å². The fourth-order valence-electron chi connectivity index (χ4n) is 4.02. The van der Waals surface area contributed by atoms with Crippen molar-refractivity contribution in [2.75, 3.05) is 6.54 Å². The fraction of sp³-hybridized carbons (Fsp3) is 0.174. The number of nitrogens with one attached hydrogen (secondary N) is 1. The van der Waals surface area contributed by atoms with Crippen LogP contribution in [0.2, 0.25) is 0 Å². The van der Waals surface area contributed by atoms with E-state index in [2.05, 4.69) is 16.1 Å². The van der Waals surface area contributed by atoms with Gasteiger partial charge in [0.2, 0.25) is 5.43 Å². The lowest BCUT2D eigenvalue weighted by Crippen LogP contribution is -2.39. The molecule has 1 aliphatic heterocycles. The maximum atomic E-state index is 13.2. The van der Waals surface area contributed by atoms with Gasteiger partial charge in [0.1, 0.15) is 0 Å². The highest BCUT2D eigenvalue weighted by atomic mass is 16.2. The van der Waals surface area contributed by atoms with E-state index in [0.29, 0.717) is 18.8 Å². The number of H-pyrrole nitrogens is 1. The molecule has 1 aliphatic rings. The third kappa shape index (κ3) is 2.93. The van der Waals surface area contributed by atoms with Crippen LogP contribution in [-0.2, 0) is 13.0 Å². The Bertz CT molecular complexity index is 1290. The Morgan fingerprint density at radius 3 is 2.66 bits per heavy atom. The van der Waals surface area contributed by atoms with Crippen molar-refractivity contribution >= 4 is 16.8 Å². The maximum Gasteiger partial charge on any atom is 0.278 e. The van der Waals surface area contributed by atoms with Gasteiger partial charge in [-0.1, -0.05) is 36.4 Å². The van der Waals surface area contributed by atoms with Crippen molar-refractivity contribution in [3.63, 3.8) is 0 Å². The molecule has 5 rings (SSSR count). The van der Waals surface area contributed by atoms with Crippen molar-refractivity contribution in [3.8, 4) is 5.69 Å². The fourth-order valence-corrected chi connectivity index (χ4v) is 4.02. The van der Waals surface area contributed by atoms with Crippen LogP contribution in [0.15, 0.2) is 65.5 Å². The van der Waals surface area contributed by atoms with Gasteiger partial charge in [-0.2, -0.15) is 5.10 Å². The summed E-state index contributed by atoms with van der Waals surface area (Å²) in [6.07, 6.45) is 0.731. The number of carbonyl (C=O) groups is 1. The SMILES string of the molecule is Cc1cc(=O)c(C(=O)N2CCc3[nH]c4ccccc4c3C2)nn1-c1ccccc1. The van der Waals surface area contributed by atoms with Crippen molar-refractivity contribution in [2.45, 2.75) is 19.9 Å². The molecule has 0 saturated heterocycles. The number of aromatic nitrogens is 3. The van der Waals surface area contributed by atoms with Crippen LogP contribution >= 0.6 is 0 Å². The number of rotatable bonds is 2. The number of para-hydroxylation sites is 2. The van der Waals surface area contributed by atoms with Crippen molar-refractivity contribution in [1.29, 1.82) is 0 Å². The van der Waals surface area contributed by atoms with Crippen molar-refractivity contribution < 1.29 is 4.79 Å². The lowest BCUT2D eigenvalue weighted by molar-refractivity contribution is 0.0725. The van der Waals surface area contributed by atoms with Crippen LogP contribution in [-0.4, -0.2) is 32.1 Å². The first-order chi connectivity index (χ1) is 14.1. The van der Waals surface area contributed by atoms with Gasteiger partial charge in [0, 0.05) is 53.4 Å². The number of aryl methyl sites for hydroxylation is 1. The molecule has 0 saturated carbocycles. The van der Waals surface area contributed by atoms with E-state index in [1.807, 2.05) is 55.5 Å². The second-order valence-corrected chi connectivity index (χ2v) is 7.35. The van der Waals surface area contributed by atoms with Crippen LogP contribution in [0.3, 0.4) is 0 Å². The summed E-state index contributed by atoms with van der Waals surface area (Å²) in [6.45, 7) is 2.84. The Morgan fingerprint density at radius 1 is 1.07 bits per heavy atom. The summed E-state index contributed by atoms with van der Waals surface area (Å²) in [5.74, 6) is -0.324. The van der Waals surface area contributed by atoms with Gasteiger partial charge < -0.3 is 9.88 Å². The molecule has 0 aliphatic carbocycles. The van der Waals surface area contributed by atoms with E-state index < -0.39 is 0 Å². The molecule has 0 radical (unpaired) electrons. The number of aromatic amines is 1. The maximum absolute atomic E-state index is 13.2. The Hall–Kier alpha value is -3.67. The lowest BCUT2D eigenvalue weighted by atomic mass is 10.0. The Labute approximate surface area is 167 Å². The summed E-state index contributed by atoms with van der Waals surface area (Å²) in [7, 11) is 0. The van der Waals surface area contributed by atoms with Gasteiger partial charge in [-0.3, -0.25) is 9.59 Å². The van der Waals surface area contributed by atoms with Gasteiger partial charge >= 0.3 is 0 Å². The van der Waals surface area contributed by atoms with Crippen LogP contribution in [0.4, 0.5) is 0 Å². The first kappa shape index (κ1) is 17.4. The minimum atomic E-state index is -0.343. The molecule has 0 bridgehead atoms. The molecular weight excluding hydrogens is 364 g/mol. The quantitative estimate of drug-likeness (QED) is 0.577. The van der Waals surface area contributed by atoms with Crippen molar-refractivity contribution in [2.24, 2.45) is 0 Å². The third-order valence-corrected chi connectivity index (χ3v) is 5.48. The van der Waals surface area contributed by atoms with Gasteiger partial charge in [-0.05, 0) is 25.1 Å². The molecule has 0 fully saturated rings. The molecule has 29 heavy (non-hydrogen) atoms. The lowest BCUT2D eigenvalue weighted by Gasteiger charge is -2.27. The molecule has 0 unspecified atom stereocenters. The number of benzene rings is 2. The number of hydrogen-bond acceptors (Lipinski definition) is 3. The van der Waals surface area contributed by atoms with E-state index in [0.717, 1.165) is 34.3 Å². The molecule has 1 N–H and O–H groups in total. The number of nitrogens with zero attached hydrogens (tertiary/aromatic N) is 3. The summed E-state index contributed by atoms with van der Waals surface area (Å²) in [5, 5.41) is 5.55. The molecule has 144 valence electrons. The van der Waals surface area contributed by atoms with Gasteiger partial charge in [-0.15, -0.1) is 0 Å². The Balaban J connectivity index is 1.52. The van der Waals surface area contributed by atoms with E-state index in [-0.39, 0.29) is 17.0 Å². The van der Waals surface area contributed by atoms with E-state index in [4.69, 9.17) is 0 Å². The molecular formula is C23H20N4O2. The average Bonchev–Trinajstić information content (AvgIpc) is 3.12. The second kappa shape index (κ2) is 6.74. The minimum Gasteiger partial charge on any atom is -0.358 e. The molecule has 0 atom stereocenters. The highest BCUT2D eigenvalue weighted by molar-refractivity contribution is 5.93. The monoisotopic (exact) mass is 384 g/mol. The predicted octanol–water partition coefficient (Wildman–Crippen LogP) is 3.22. The normalized spacial score (nSPS) is 13.5. The number of amides is 1. The van der Waals surface area contributed by atoms with Gasteiger partial charge in [0.05, 0.1) is 5.69 Å². The molecule has 3 heterocycles. The van der Waals surface area contributed by atoms with Crippen molar-refractivity contribution in [1.82, 2.24) is 19.7 Å². The zero-order chi connectivity index (χ0) is 20.0. The molecule has 2 aromatic carbocycles. The Kier molecular flexibility index (Phi) is 4.05. The standard InChI is InChI=1S/C23H20N4O2/c1-15-13-21(28)22(25-27(15)16-7-3-2-4-8-16)23(29)26-12-11-20-18(14-26)17-9-5-6-10-19(17)24-20/h2-10,13,24H,11-12,14H2,1H3. The number of carbonyl (C=O) groups excluding carboxylic acids is 1. The summed E-state index contributed by atoms with van der Waals surface area (Å²) in [5.41, 5.74) is 4.48. The van der Waals surface area contributed by atoms with Crippen LogP contribution in [0.25, 0.3) is 16.6 Å². The topological polar surface area (TPSA) is 71.0 Å². The third-order valence-electron chi connectivity index (χ3n) is 5.48. The van der Waals surface area contributed by atoms with Crippen LogP contribution < -0.4 is 5.43 Å². The molecule has 6 heteroatoms. The summed E-state index contributed by atoms with van der Waals surface area (Å²) < 4.78 is 1.65. The summed E-state index contributed by atoms with van der Waals surface area (Å²) in [6, 6.07) is 19.1. The molecule has 0 spiro atoms. The largest absolute Gasteiger partial charge is 0.358 e. The number of fused-ring (bicyclic) bond motifs is 3. The van der Waals surface area contributed by atoms with E-state index in [9.17, 15) is 9.59 Å².